The zero-order chi connectivity index (χ0) is 17.2. The standard InChI is InChI=1S/C17H12F3N3/c1-11-6-14(7-13(9-21)10-22)12(2)23(11)16-5-3-4-15(8-16)17(18,19)20/h3-8H,1-2H3. The molecule has 0 atom stereocenters. The molecule has 0 radical (unpaired) electrons. The van der Waals surface area contributed by atoms with Gasteiger partial charge in [-0.15, -0.1) is 0 Å². The molecule has 1 aromatic heterocycles. The van der Waals surface area contributed by atoms with Crippen LogP contribution < -0.4 is 0 Å². The first kappa shape index (κ1) is 16.4. The molecule has 1 aromatic carbocycles. The highest BCUT2D eigenvalue weighted by molar-refractivity contribution is 5.65. The number of benzene rings is 1. The lowest BCUT2D eigenvalue weighted by Crippen LogP contribution is -2.07. The predicted octanol–water partition coefficient (Wildman–Crippen LogP) is 4.54. The number of aromatic nitrogens is 1. The zero-order valence-electron chi connectivity index (χ0n) is 12.4. The number of aryl methyl sites for hydroxylation is 1. The van der Waals surface area contributed by atoms with Gasteiger partial charge in [-0.2, -0.15) is 23.7 Å². The number of hydrogen-bond donors (Lipinski definition) is 0. The minimum Gasteiger partial charge on any atom is -0.318 e. The molecule has 3 nitrogen and oxygen atoms in total. The molecule has 0 aliphatic carbocycles. The lowest BCUT2D eigenvalue weighted by molar-refractivity contribution is -0.137. The second kappa shape index (κ2) is 6.02. The summed E-state index contributed by atoms with van der Waals surface area (Å²) in [4.78, 5) is 0. The van der Waals surface area contributed by atoms with Crippen LogP contribution in [0.5, 0.6) is 0 Å². The van der Waals surface area contributed by atoms with Gasteiger partial charge in [0.15, 0.2) is 0 Å². The molecule has 0 aliphatic heterocycles. The van der Waals surface area contributed by atoms with E-state index in [0.717, 1.165) is 12.1 Å². The van der Waals surface area contributed by atoms with Crippen LogP contribution >= 0.6 is 0 Å². The maximum Gasteiger partial charge on any atom is 0.416 e. The quantitative estimate of drug-likeness (QED) is 0.764. The Balaban J connectivity index is 2.59. The lowest BCUT2D eigenvalue weighted by atomic mass is 10.1. The van der Waals surface area contributed by atoms with E-state index >= 15 is 0 Å². The number of rotatable bonds is 2. The molecule has 0 fully saturated rings. The van der Waals surface area contributed by atoms with Crippen LogP contribution in [0.15, 0.2) is 35.9 Å². The number of nitriles is 2. The first-order valence-corrected chi connectivity index (χ1v) is 6.66. The molecular formula is C17H12F3N3. The van der Waals surface area contributed by atoms with Crippen LogP contribution in [0.4, 0.5) is 13.2 Å². The van der Waals surface area contributed by atoms with Gasteiger partial charge in [-0.05, 0) is 49.8 Å². The van der Waals surface area contributed by atoms with Crippen molar-refractivity contribution in [2.75, 3.05) is 0 Å². The summed E-state index contributed by atoms with van der Waals surface area (Å²) in [7, 11) is 0. The van der Waals surface area contributed by atoms with Gasteiger partial charge in [0.05, 0.1) is 5.56 Å². The fourth-order valence-electron chi connectivity index (χ4n) is 2.40. The van der Waals surface area contributed by atoms with Crippen molar-refractivity contribution in [3.05, 3.63) is 58.4 Å². The van der Waals surface area contributed by atoms with Crippen molar-refractivity contribution in [2.45, 2.75) is 20.0 Å². The number of halogens is 3. The van der Waals surface area contributed by atoms with Gasteiger partial charge < -0.3 is 4.57 Å². The molecule has 2 rings (SSSR count). The number of hydrogen-bond acceptors (Lipinski definition) is 2. The summed E-state index contributed by atoms with van der Waals surface area (Å²) in [6.45, 7) is 3.48. The third-order valence-electron chi connectivity index (χ3n) is 3.44. The molecule has 0 spiro atoms. The van der Waals surface area contributed by atoms with Crippen LogP contribution in [0.1, 0.15) is 22.5 Å². The minimum atomic E-state index is -4.41. The maximum absolute atomic E-state index is 12.9. The van der Waals surface area contributed by atoms with Crippen LogP contribution in [-0.4, -0.2) is 4.57 Å². The molecule has 0 saturated heterocycles. The summed E-state index contributed by atoms with van der Waals surface area (Å²) in [5.74, 6) is 0. The molecule has 23 heavy (non-hydrogen) atoms. The van der Waals surface area contributed by atoms with Gasteiger partial charge in [-0.25, -0.2) is 0 Å². The second-order valence-corrected chi connectivity index (χ2v) is 4.99. The summed E-state index contributed by atoms with van der Waals surface area (Å²) in [6, 6.07) is 10.3. The van der Waals surface area contributed by atoms with Crippen LogP contribution in [-0.2, 0) is 6.18 Å². The zero-order valence-corrected chi connectivity index (χ0v) is 12.4. The summed E-state index contributed by atoms with van der Waals surface area (Å²) in [6.07, 6.45) is -2.99. The molecule has 0 unspecified atom stereocenters. The van der Waals surface area contributed by atoms with Gasteiger partial charge in [0, 0.05) is 17.1 Å². The largest absolute Gasteiger partial charge is 0.416 e. The summed E-state index contributed by atoms with van der Waals surface area (Å²) in [5.41, 5.74) is 1.58. The van der Waals surface area contributed by atoms with E-state index in [1.54, 1.807) is 42.7 Å². The van der Waals surface area contributed by atoms with Crippen LogP contribution in [0, 0.1) is 36.5 Å². The van der Waals surface area contributed by atoms with Gasteiger partial charge in [-0.3, -0.25) is 0 Å². The number of allylic oxidation sites excluding steroid dienone is 1. The monoisotopic (exact) mass is 315 g/mol. The van der Waals surface area contributed by atoms with Crippen LogP contribution in [0.25, 0.3) is 11.8 Å². The lowest BCUT2D eigenvalue weighted by Gasteiger charge is -2.13. The van der Waals surface area contributed by atoms with Crippen molar-refractivity contribution < 1.29 is 13.2 Å². The Morgan fingerprint density at radius 2 is 1.78 bits per heavy atom. The normalized spacial score (nSPS) is 10.7. The molecule has 2 aromatic rings. The van der Waals surface area contributed by atoms with Crippen LogP contribution in [0.3, 0.4) is 0 Å². The van der Waals surface area contributed by atoms with Gasteiger partial charge in [0.1, 0.15) is 17.7 Å². The third-order valence-corrected chi connectivity index (χ3v) is 3.44. The van der Waals surface area contributed by atoms with E-state index in [1.165, 1.54) is 12.1 Å². The van der Waals surface area contributed by atoms with E-state index in [-0.39, 0.29) is 5.57 Å². The van der Waals surface area contributed by atoms with Crippen molar-refractivity contribution in [3.8, 4) is 17.8 Å². The Morgan fingerprint density at radius 1 is 1.13 bits per heavy atom. The van der Waals surface area contributed by atoms with Gasteiger partial charge >= 0.3 is 6.18 Å². The first-order chi connectivity index (χ1) is 10.8. The minimum absolute atomic E-state index is 0.0608. The van der Waals surface area contributed by atoms with Crippen molar-refractivity contribution in [2.24, 2.45) is 0 Å². The third kappa shape index (κ3) is 3.27. The summed E-state index contributed by atoms with van der Waals surface area (Å²) in [5, 5.41) is 17.6. The van der Waals surface area contributed by atoms with E-state index < -0.39 is 11.7 Å². The molecular weight excluding hydrogens is 303 g/mol. The Hall–Kier alpha value is -2.99. The predicted molar refractivity (Wildman–Crippen MR) is 79.4 cm³/mol. The Morgan fingerprint density at radius 3 is 2.35 bits per heavy atom. The number of nitrogens with zero attached hydrogens (tertiary/aromatic N) is 3. The van der Waals surface area contributed by atoms with Gasteiger partial charge in [-0.1, -0.05) is 6.07 Å². The molecule has 0 aliphatic rings. The molecule has 1 heterocycles. The van der Waals surface area contributed by atoms with E-state index in [2.05, 4.69) is 0 Å². The van der Waals surface area contributed by atoms with Crippen molar-refractivity contribution in [1.29, 1.82) is 10.5 Å². The average molecular weight is 315 g/mol. The topological polar surface area (TPSA) is 52.5 Å². The Labute approximate surface area is 131 Å². The SMILES string of the molecule is Cc1cc(C=C(C#N)C#N)c(C)n1-c1cccc(C(F)(F)F)c1. The second-order valence-electron chi connectivity index (χ2n) is 4.99. The van der Waals surface area contributed by atoms with E-state index in [0.29, 0.717) is 22.6 Å². The van der Waals surface area contributed by atoms with Crippen molar-refractivity contribution in [3.63, 3.8) is 0 Å². The first-order valence-electron chi connectivity index (χ1n) is 6.66. The van der Waals surface area contributed by atoms with Crippen molar-refractivity contribution in [1.82, 2.24) is 4.57 Å². The summed E-state index contributed by atoms with van der Waals surface area (Å²) >= 11 is 0. The number of alkyl halides is 3. The van der Waals surface area contributed by atoms with Gasteiger partial charge in [0.25, 0.3) is 0 Å². The fourth-order valence-corrected chi connectivity index (χ4v) is 2.40. The summed E-state index contributed by atoms with van der Waals surface area (Å²) < 4.78 is 40.2. The smallest absolute Gasteiger partial charge is 0.318 e. The molecule has 0 bridgehead atoms. The average Bonchev–Trinajstić information content (AvgIpc) is 2.78. The van der Waals surface area contributed by atoms with E-state index in [4.69, 9.17) is 10.5 Å². The van der Waals surface area contributed by atoms with E-state index in [9.17, 15) is 13.2 Å². The molecule has 116 valence electrons. The maximum atomic E-state index is 12.9. The molecule has 0 N–H and O–H groups in total. The van der Waals surface area contributed by atoms with Crippen molar-refractivity contribution >= 4 is 6.08 Å². The highest BCUT2D eigenvalue weighted by atomic mass is 19.4. The molecule has 0 amide bonds. The van der Waals surface area contributed by atoms with Crippen LogP contribution in [0.2, 0.25) is 0 Å². The van der Waals surface area contributed by atoms with Gasteiger partial charge in [0.2, 0.25) is 0 Å². The molecule has 0 saturated carbocycles. The fraction of sp³-hybridized carbons (Fsp3) is 0.176. The Bertz CT molecular complexity index is 843. The van der Waals surface area contributed by atoms with E-state index in [1.807, 2.05) is 0 Å². The molecule has 6 heteroatoms. The highest BCUT2D eigenvalue weighted by Gasteiger charge is 2.30. The Kier molecular flexibility index (Phi) is 4.29. The highest BCUT2D eigenvalue weighted by Crippen LogP contribution is 2.31.